The largest absolute Gasteiger partial charge is 0.371 e. The number of aryl methyl sites for hydroxylation is 1. The van der Waals surface area contributed by atoms with Gasteiger partial charge in [0.1, 0.15) is 0 Å². The summed E-state index contributed by atoms with van der Waals surface area (Å²) >= 11 is 0. The first-order valence-electron chi connectivity index (χ1n) is 8.45. The molecule has 3 rings (SSSR count). The number of hydrogen-bond acceptors (Lipinski definition) is 3. The summed E-state index contributed by atoms with van der Waals surface area (Å²) in [6.07, 6.45) is 2.45. The van der Waals surface area contributed by atoms with Crippen LogP contribution < -0.4 is 10.2 Å². The second kappa shape index (κ2) is 6.29. The van der Waals surface area contributed by atoms with E-state index >= 15 is 0 Å². The number of piperazine rings is 1. The van der Waals surface area contributed by atoms with E-state index in [-0.39, 0.29) is 5.91 Å². The Morgan fingerprint density at radius 3 is 2.41 bits per heavy atom. The van der Waals surface area contributed by atoms with Crippen LogP contribution in [0.1, 0.15) is 42.6 Å². The maximum atomic E-state index is 13.1. The minimum Gasteiger partial charge on any atom is -0.371 e. The number of carbonyl (C=O) groups is 1. The lowest BCUT2D eigenvalue weighted by atomic mass is 10.0. The van der Waals surface area contributed by atoms with Crippen molar-refractivity contribution in [2.24, 2.45) is 0 Å². The summed E-state index contributed by atoms with van der Waals surface area (Å²) < 4.78 is 0. The van der Waals surface area contributed by atoms with E-state index in [4.69, 9.17) is 0 Å². The Hall–Kier alpha value is -1.55. The third-order valence-corrected chi connectivity index (χ3v) is 4.67. The molecule has 1 aromatic rings. The fraction of sp³-hybridized carbons (Fsp3) is 0.611. The van der Waals surface area contributed by atoms with Crippen molar-refractivity contribution in [2.75, 3.05) is 31.1 Å². The lowest BCUT2D eigenvalue weighted by Crippen LogP contribution is -2.56. The molecule has 4 heteroatoms. The van der Waals surface area contributed by atoms with Crippen LogP contribution in [0.25, 0.3) is 0 Å². The Balaban J connectivity index is 1.89. The molecule has 2 saturated heterocycles. The van der Waals surface area contributed by atoms with E-state index in [0.717, 1.165) is 43.0 Å². The van der Waals surface area contributed by atoms with Crippen molar-refractivity contribution in [1.82, 2.24) is 10.2 Å². The average molecular weight is 301 g/mol. The Bertz CT molecular complexity index is 541. The fourth-order valence-electron chi connectivity index (χ4n) is 3.72. The normalized spacial score (nSPS) is 25.6. The van der Waals surface area contributed by atoms with Gasteiger partial charge in [0.25, 0.3) is 5.91 Å². The van der Waals surface area contributed by atoms with Crippen molar-refractivity contribution < 1.29 is 4.79 Å². The monoisotopic (exact) mass is 301 g/mol. The number of amides is 1. The second-order valence-corrected chi connectivity index (χ2v) is 6.89. The topological polar surface area (TPSA) is 35.6 Å². The SMILES string of the molecule is Cc1ccc(N2CCCC2)c(C(=O)N2CC(C)NC(C)C2)c1. The number of rotatable bonds is 2. The number of anilines is 1. The highest BCUT2D eigenvalue weighted by Gasteiger charge is 2.28. The Kier molecular flexibility index (Phi) is 4.39. The summed E-state index contributed by atoms with van der Waals surface area (Å²) in [5, 5.41) is 3.49. The molecule has 2 fully saturated rings. The zero-order valence-electron chi connectivity index (χ0n) is 13.9. The third-order valence-electron chi connectivity index (χ3n) is 4.67. The van der Waals surface area contributed by atoms with E-state index in [9.17, 15) is 4.79 Å². The summed E-state index contributed by atoms with van der Waals surface area (Å²) in [4.78, 5) is 17.5. The van der Waals surface area contributed by atoms with Gasteiger partial charge in [-0.05, 0) is 45.7 Å². The minimum absolute atomic E-state index is 0.186. The zero-order chi connectivity index (χ0) is 15.7. The zero-order valence-corrected chi connectivity index (χ0v) is 13.9. The van der Waals surface area contributed by atoms with Crippen LogP contribution in [0.2, 0.25) is 0 Å². The van der Waals surface area contributed by atoms with Crippen LogP contribution in [0.5, 0.6) is 0 Å². The van der Waals surface area contributed by atoms with Gasteiger partial charge in [-0.25, -0.2) is 0 Å². The number of benzene rings is 1. The van der Waals surface area contributed by atoms with Gasteiger partial charge in [-0.15, -0.1) is 0 Å². The van der Waals surface area contributed by atoms with Gasteiger partial charge in [-0.3, -0.25) is 4.79 Å². The first kappa shape index (κ1) is 15.3. The molecule has 1 aromatic carbocycles. The molecule has 2 unspecified atom stereocenters. The Morgan fingerprint density at radius 1 is 1.14 bits per heavy atom. The van der Waals surface area contributed by atoms with Crippen molar-refractivity contribution in [2.45, 2.75) is 45.7 Å². The molecule has 2 heterocycles. The van der Waals surface area contributed by atoms with E-state index in [2.05, 4.69) is 49.2 Å². The number of nitrogens with zero attached hydrogens (tertiary/aromatic N) is 2. The minimum atomic E-state index is 0.186. The van der Waals surface area contributed by atoms with Crippen LogP contribution in [0.15, 0.2) is 18.2 Å². The standard InChI is InChI=1S/C18H27N3O/c1-13-6-7-17(20-8-4-5-9-20)16(10-13)18(22)21-11-14(2)19-15(3)12-21/h6-7,10,14-15,19H,4-5,8-9,11-12H2,1-3H3. The molecular weight excluding hydrogens is 274 g/mol. The highest BCUT2D eigenvalue weighted by molar-refractivity contribution is 6.00. The van der Waals surface area contributed by atoms with E-state index in [0.29, 0.717) is 12.1 Å². The first-order chi connectivity index (χ1) is 10.5. The lowest BCUT2D eigenvalue weighted by molar-refractivity contribution is 0.0674. The molecule has 1 amide bonds. The van der Waals surface area contributed by atoms with Crippen LogP contribution >= 0.6 is 0 Å². The van der Waals surface area contributed by atoms with E-state index in [1.165, 1.54) is 12.8 Å². The van der Waals surface area contributed by atoms with Gasteiger partial charge >= 0.3 is 0 Å². The summed E-state index contributed by atoms with van der Waals surface area (Å²) in [5.41, 5.74) is 3.15. The van der Waals surface area contributed by atoms with E-state index in [1.807, 2.05) is 4.90 Å². The Labute approximate surface area is 133 Å². The van der Waals surface area contributed by atoms with Crippen molar-refractivity contribution in [1.29, 1.82) is 0 Å². The lowest BCUT2D eigenvalue weighted by Gasteiger charge is -2.37. The molecule has 0 aliphatic carbocycles. The quantitative estimate of drug-likeness (QED) is 0.911. The van der Waals surface area contributed by atoms with Crippen molar-refractivity contribution in [3.63, 3.8) is 0 Å². The first-order valence-corrected chi connectivity index (χ1v) is 8.45. The Morgan fingerprint density at radius 2 is 1.77 bits per heavy atom. The number of hydrogen-bond donors (Lipinski definition) is 1. The number of carbonyl (C=O) groups excluding carboxylic acids is 1. The predicted octanol–water partition coefficient (Wildman–Crippen LogP) is 2.42. The maximum absolute atomic E-state index is 13.1. The van der Waals surface area contributed by atoms with E-state index in [1.54, 1.807) is 0 Å². The summed E-state index contributed by atoms with van der Waals surface area (Å²) in [6.45, 7) is 10.1. The van der Waals surface area contributed by atoms with E-state index < -0.39 is 0 Å². The summed E-state index contributed by atoms with van der Waals surface area (Å²) in [6, 6.07) is 7.02. The molecule has 2 aliphatic heterocycles. The highest BCUT2D eigenvalue weighted by atomic mass is 16.2. The molecule has 0 spiro atoms. The summed E-state index contributed by atoms with van der Waals surface area (Å²) in [5.74, 6) is 0.186. The van der Waals surface area contributed by atoms with Crippen LogP contribution in [-0.2, 0) is 0 Å². The van der Waals surface area contributed by atoms with Gasteiger partial charge in [0.05, 0.1) is 5.56 Å². The molecule has 4 nitrogen and oxygen atoms in total. The molecule has 22 heavy (non-hydrogen) atoms. The van der Waals surface area contributed by atoms with Gasteiger partial charge < -0.3 is 15.1 Å². The highest BCUT2D eigenvalue weighted by Crippen LogP contribution is 2.27. The molecule has 0 bridgehead atoms. The molecule has 1 N–H and O–H groups in total. The molecule has 0 saturated carbocycles. The summed E-state index contributed by atoms with van der Waals surface area (Å²) in [7, 11) is 0. The maximum Gasteiger partial charge on any atom is 0.256 e. The molecular formula is C18H27N3O. The molecule has 0 radical (unpaired) electrons. The van der Waals surface area contributed by atoms with Gasteiger partial charge in [0.2, 0.25) is 0 Å². The van der Waals surface area contributed by atoms with Crippen LogP contribution in [-0.4, -0.2) is 49.1 Å². The smallest absolute Gasteiger partial charge is 0.256 e. The average Bonchev–Trinajstić information content (AvgIpc) is 2.99. The second-order valence-electron chi connectivity index (χ2n) is 6.89. The molecule has 2 aliphatic rings. The molecule has 2 atom stereocenters. The van der Waals surface area contributed by atoms with Crippen molar-refractivity contribution in [3.05, 3.63) is 29.3 Å². The van der Waals surface area contributed by atoms with Gasteiger partial charge in [-0.1, -0.05) is 11.6 Å². The van der Waals surface area contributed by atoms with Crippen molar-refractivity contribution >= 4 is 11.6 Å². The van der Waals surface area contributed by atoms with Gasteiger partial charge in [0.15, 0.2) is 0 Å². The molecule has 0 aromatic heterocycles. The van der Waals surface area contributed by atoms with Crippen molar-refractivity contribution in [3.8, 4) is 0 Å². The van der Waals surface area contributed by atoms with Crippen LogP contribution in [0.3, 0.4) is 0 Å². The van der Waals surface area contributed by atoms with Crippen LogP contribution in [0.4, 0.5) is 5.69 Å². The predicted molar refractivity (Wildman–Crippen MR) is 90.6 cm³/mol. The van der Waals surface area contributed by atoms with Gasteiger partial charge in [0, 0.05) is 44.0 Å². The fourth-order valence-corrected chi connectivity index (χ4v) is 3.72. The van der Waals surface area contributed by atoms with Crippen LogP contribution in [0, 0.1) is 6.92 Å². The third kappa shape index (κ3) is 3.12. The van der Waals surface area contributed by atoms with Gasteiger partial charge in [-0.2, -0.15) is 0 Å². The molecule has 120 valence electrons. The number of nitrogens with one attached hydrogen (secondary N) is 1.